The molecule has 0 N–H and O–H groups in total. The van der Waals surface area contributed by atoms with Crippen molar-refractivity contribution in [3.05, 3.63) is 63.5 Å². The third-order valence-corrected chi connectivity index (χ3v) is 7.96. The van der Waals surface area contributed by atoms with E-state index in [0.29, 0.717) is 30.7 Å². The summed E-state index contributed by atoms with van der Waals surface area (Å²) < 4.78 is 16.9. The van der Waals surface area contributed by atoms with Crippen LogP contribution in [-0.4, -0.2) is 43.9 Å². The molecule has 6 nitrogen and oxygen atoms in total. The number of allylic oxidation sites excluding steroid dienone is 2. The highest BCUT2D eigenvalue weighted by Gasteiger charge is 2.45. The van der Waals surface area contributed by atoms with Gasteiger partial charge >= 0.3 is 5.97 Å². The first-order valence-corrected chi connectivity index (χ1v) is 12.7. The Labute approximate surface area is 203 Å². The maximum atomic E-state index is 13.6. The molecule has 1 aromatic carbocycles. The lowest BCUT2D eigenvalue weighted by Crippen LogP contribution is -2.38. The number of carbonyl (C=O) groups excluding carboxylic acids is 2. The number of hydrogen-bond acceptors (Lipinski definition) is 7. The fourth-order valence-corrected chi connectivity index (χ4v) is 6.28. The summed E-state index contributed by atoms with van der Waals surface area (Å²) in [6.45, 7) is 2.83. The van der Waals surface area contributed by atoms with Crippen molar-refractivity contribution in [2.24, 2.45) is 10.9 Å². The summed E-state index contributed by atoms with van der Waals surface area (Å²) in [4.78, 5) is 32.8. The number of methoxy groups -OCH3 is 1. The van der Waals surface area contributed by atoms with Crippen LogP contribution in [0.5, 0.6) is 5.75 Å². The molecule has 2 aliphatic heterocycles. The first-order valence-electron chi connectivity index (χ1n) is 11.8. The molecule has 0 radical (unpaired) electrons. The van der Waals surface area contributed by atoms with E-state index in [2.05, 4.69) is 0 Å². The van der Waals surface area contributed by atoms with E-state index in [1.807, 2.05) is 48.7 Å². The van der Waals surface area contributed by atoms with Gasteiger partial charge < -0.3 is 14.2 Å². The standard InChI is InChI=1S/C27H29NO5S/c1-16-24(27(30)33-15-18-7-5-11-32-18)26(23-10-6-12-34-23)25-20(28-16)13-17(14-21(25)29)19-8-3-4-9-22(19)31-2/h3-4,6,8-10,12,17-18,24,26H,5,7,11,13-15H2,1-2H3. The van der Waals surface area contributed by atoms with Crippen molar-refractivity contribution < 1.29 is 23.8 Å². The lowest BCUT2D eigenvalue weighted by atomic mass is 9.71. The average molecular weight is 480 g/mol. The lowest BCUT2D eigenvalue weighted by Gasteiger charge is -2.36. The molecule has 1 aromatic heterocycles. The zero-order chi connectivity index (χ0) is 23.7. The smallest absolute Gasteiger partial charge is 0.315 e. The van der Waals surface area contributed by atoms with Gasteiger partial charge in [-0.15, -0.1) is 11.3 Å². The Hall–Kier alpha value is -2.77. The molecule has 0 saturated carbocycles. The molecule has 0 amide bonds. The Balaban J connectivity index is 1.47. The van der Waals surface area contributed by atoms with Crippen LogP contribution in [0.1, 0.15) is 54.9 Å². The third-order valence-electron chi connectivity index (χ3n) is 7.01. The average Bonchev–Trinajstić information content (AvgIpc) is 3.56. The molecule has 3 heterocycles. The van der Waals surface area contributed by atoms with Gasteiger partial charge in [-0.3, -0.25) is 14.6 Å². The quantitative estimate of drug-likeness (QED) is 0.542. The highest BCUT2D eigenvalue weighted by atomic mass is 32.1. The maximum Gasteiger partial charge on any atom is 0.315 e. The third kappa shape index (κ3) is 4.34. The molecule has 1 saturated heterocycles. The largest absolute Gasteiger partial charge is 0.496 e. The van der Waals surface area contributed by atoms with Gasteiger partial charge in [0.25, 0.3) is 0 Å². The second kappa shape index (κ2) is 9.84. The number of thiophene rings is 1. The number of ether oxygens (including phenoxy) is 3. The highest BCUT2D eigenvalue weighted by molar-refractivity contribution is 7.10. The summed E-state index contributed by atoms with van der Waals surface area (Å²) in [6.07, 6.45) is 2.85. The van der Waals surface area contributed by atoms with E-state index in [9.17, 15) is 9.59 Å². The van der Waals surface area contributed by atoms with E-state index < -0.39 is 5.92 Å². The molecule has 0 bridgehead atoms. The predicted molar refractivity (Wildman–Crippen MR) is 131 cm³/mol. The molecule has 4 unspecified atom stereocenters. The van der Waals surface area contributed by atoms with Crippen molar-refractivity contribution in [2.45, 2.75) is 50.5 Å². The molecule has 7 heteroatoms. The Morgan fingerprint density at radius 3 is 2.79 bits per heavy atom. The summed E-state index contributed by atoms with van der Waals surface area (Å²) in [6, 6.07) is 11.8. The molecule has 0 spiro atoms. The molecular formula is C27H29NO5S. The summed E-state index contributed by atoms with van der Waals surface area (Å²) in [5, 5.41) is 1.98. The van der Waals surface area contributed by atoms with E-state index >= 15 is 0 Å². The number of Topliss-reactive ketones (excluding diaryl/α,β-unsaturated/α-hetero) is 1. The second-order valence-electron chi connectivity index (χ2n) is 9.12. The first-order chi connectivity index (χ1) is 16.6. The van der Waals surface area contributed by atoms with E-state index in [1.54, 1.807) is 18.4 Å². The zero-order valence-corrected chi connectivity index (χ0v) is 20.3. The van der Waals surface area contributed by atoms with Crippen LogP contribution in [0.15, 0.2) is 58.0 Å². The van der Waals surface area contributed by atoms with Gasteiger partial charge in [-0.1, -0.05) is 24.3 Å². The number of hydrogen-bond donors (Lipinski definition) is 0. The number of benzene rings is 1. The fraction of sp³-hybridized carbons (Fsp3) is 0.444. The molecule has 3 aliphatic rings. The van der Waals surface area contributed by atoms with Crippen molar-refractivity contribution >= 4 is 28.8 Å². The van der Waals surface area contributed by atoms with Crippen LogP contribution in [0.25, 0.3) is 0 Å². The number of esters is 1. The van der Waals surface area contributed by atoms with Crippen LogP contribution < -0.4 is 4.74 Å². The highest BCUT2D eigenvalue weighted by Crippen LogP contribution is 2.48. The van der Waals surface area contributed by atoms with Crippen LogP contribution >= 0.6 is 11.3 Å². The van der Waals surface area contributed by atoms with Crippen LogP contribution in [0.2, 0.25) is 0 Å². The Kier molecular flexibility index (Phi) is 6.66. The second-order valence-corrected chi connectivity index (χ2v) is 10.1. The van der Waals surface area contributed by atoms with Gasteiger partial charge in [-0.2, -0.15) is 0 Å². The Morgan fingerprint density at radius 1 is 1.21 bits per heavy atom. The zero-order valence-electron chi connectivity index (χ0n) is 19.5. The van der Waals surface area contributed by atoms with Crippen molar-refractivity contribution in [1.29, 1.82) is 0 Å². The molecular weight excluding hydrogens is 450 g/mol. The molecule has 178 valence electrons. The lowest BCUT2D eigenvalue weighted by molar-refractivity contribution is -0.149. The van der Waals surface area contributed by atoms with Crippen molar-refractivity contribution in [2.75, 3.05) is 20.3 Å². The van der Waals surface area contributed by atoms with Crippen molar-refractivity contribution in [1.82, 2.24) is 0 Å². The van der Waals surface area contributed by atoms with Crippen LogP contribution in [-0.2, 0) is 19.1 Å². The number of aliphatic imine (C=N–C) groups is 1. The molecule has 5 rings (SSSR count). The van der Waals surface area contributed by atoms with Gasteiger partial charge in [-0.25, -0.2) is 0 Å². The van der Waals surface area contributed by atoms with Crippen LogP contribution in [0.4, 0.5) is 0 Å². The van der Waals surface area contributed by atoms with Gasteiger partial charge in [0.2, 0.25) is 0 Å². The van der Waals surface area contributed by atoms with E-state index in [1.165, 1.54) is 0 Å². The number of rotatable bonds is 6. The topological polar surface area (TPSA) is 74.2 Å². The SMILES string of the molecule is COc1ccccc1C1CC(=O)C2=C(C1)N=C(C)C(C(=O)OCC1CCCO1)C2c1cccs1. The monoisotopic (exact) mass is 479 g/mol. The van der Waals surface area contributed by atoms with Crippen molar-refractivity contribution in [3.8, 4) is 5.75 Å². The summed E-state index contributed by atoms with van der Waals surface area (Å²) in [5.41, 5.74) is 3.16. The minimum atomic E-state index is -0.606. The number of ketones is 1. The minimum Gasteiger partial charge on any atom is -0.496 e. The molecule has 1 fully saturated rings. The van der Waals surface area contributed by atoms with Crippen LogP contribution in [0.3, 0.4) is 0 Å². The van der Waals surface area contributed by atoms with Crippen LogP contribution in [0, 0.1) is 5.92 Å². The minimum absolute atomic E-state index is 0.00838. The Morgan fingerprint density at radius 2 is 2.06 bits per heavy atom. The number of carbonyl (C=O) groups is 2. The van der Waals surface area contributed by atoms with Gasteiger partial charge in [0.15, 0.2) is 5.78 Å². The molecule has 4 atom stereocenters. The van der Waals surface area contributed by atoms with E-state index in [-0.39, 0.29) is 36.3 Å². The van der Waals surface area contributed by atoms with Gasteiger partial charge in [-0.05, 0) is 49.3 Å². The molecule has 34 heavy (non-hydrogen) atoms. The first kappa shape index (κ1) is 23.0. The molecule has 1 aliphatic carbocycles. The van der Waals surface area contributed by atoms with Gasteiger partial charge in [0.1, 0.15) is 18.3 Å². The summed E-state index contributed by atoms with van der Waals surface area (Å²) >= 11 is 1.56. The summed E-state index contributed by atoms with van der Waals surface area (Å²) in [5.74, 6) is -0.483. The van der Waals surface area contributed by atoms with Crippen molar-refractivity contribution in [3.63, 3.8) is 0 Å². The van der Waals surface area contributed by atoms with Gasteiger partial charge in [0, 0.05) is 46.7 Å². The predicted octanol–water partition coefficient (Wildman–Crippen LogP) is 5.05. The van der Waals surface area contributed by atoms with Gasteiger partial charge in [0.05, 0.1) is 13.2 Å². The number of nitrogens with zero attached hydrogens (tertiary/aromatic N) is 1. The molecule has 2 aromatic rings. The van der Waals surface area contributed by atoms with E-state index in [4.69, 9.17) is 19.2 Å². The summed E-state index contributed by atoms with van der Waals surface area (Å²) in [7, 11) is 1.65. The normalized spacial score (nSPS) is 26.8. The number of para-hydroxylation sites is 1. The van der Waals surface area contributed by atoms with E-state index in [0.717, 1.165) is 34.7 Å². The fourth-order valence-electron chi connectivity index (χ4n) is 5.40. The maximum absolute atomic E-state index is 13.6. The Bertz CT molecular complexity index is 1130.